The third-order valence-corrected chi connectivity index (χ3v) is 5.36. The first kappa shape index (κ1) is 20.1. The normalized spacial score (nSPS) is 15.4. The minimum atomic E-state index is -0.680. The van der Waals surface area contributed by atoms with Crippen molar-refractivity contribution in [3.63, 3.8) is 0 Å². The average Bonchev–Trinajstić information content (AvgIpc) is 2.91. The van der Waals surface area contributed by atoms with E-state index in [0.717, 1.165) is 11.0 Å². The summed E-state index contributed by atoms with van der Waals surface area (Å²) in [5.74, 6) is -1.06. The Kier molecular flexibility index (Phi) is 5.83. The third kappa shape index (κ3) is 4.09. The second-order valence-corrected chi connectivity index (χ2v) is 7.45. The molecule has 2 aromatic rings. The zero-order valence-electron chi connectivity index (χ0n) is 13.9. The van der Waals surface area contributed by atoms with E-state index in [0.29, 0.717) is 17.3 Å². The van der Waals surface area contributed by atoms with Gasteiger partial charge in [-0.15, -0.1) is 0 Å². The van der Waals surface area contributed by atoms with E-state index < -0.39 is 22.6 Å². The number of nitrogens with zero attached hydrogens (tertiary/aromatic N) is 2. The maximum absolute atomic E-state index is 12.5. The number of rotatable bonds is 5. The van der Waals surface area contributed by atoms with Gasteiger partial charge in [0.25, 0.3) is 16.8 Å². The van der Waals surface area contributed by atoms with Crippen molar-refractivity contribution in [2.75, 3.05) is 6.54 Å². The van der Waals surface area contributed by atoms with Crippen LogP contribution in [0.1, 0.15) is 15.9 Å². The lowest BCUT2D eigenvalue weighted by molar-refractivity contribution is -0.384. The summed E-state index contributed by atoms with van der Waals surface area (Å²) >= 11 is 12.5. The van der Waals surface area contributed by atoms with Gasteiger partial charge in [-0.25, -0.2) is 0 Å². The summed E-state index contributed by atoms with van der Waals surface area (Å²) in [4.78, 5) is 48.2. The summed E-state index contributed by atoms with van der Waals surface area (Å²) in [7, 11) is 0. The molecule has 1 heterocycles. The highest BCUT2D eigenvalue weighted by Crippen LogP contribution is 2.36. The molecule has 10 heteroatoms. The Morgan fingerprint density at radius 2 is 1.82 bits per heavy atom. The lowest BCUT2D eigenvalue weighted by Crippen LogP contribution is -2.33. The van der Waals surface area contributed by atoms with E-state index in [1.165, 1.54) is 12.1 Å². The van der Waals surface area contributed by atoms with Crippen molar-refractivity contribution in [2.24, 2.45) is 0 Å². The van der Waals surface area contributed by atoms with Gasteiger partial charge in [-0.1, -0.05) is 53.5 Å². The van der Waals surface area contributed by atoms with Gasteiger partial charge in [-0.3, -0.25) is 29.4 Å². The van der Waals surface area contributed by atoms with Crippen LogP contribution in [0.25, 0.3) is 6.08 Å². The van der Waals surface area contributed by atoms with Crippen LogP contribution in [0.4, 0.5) is 10.5 Å². The zero-order valence-corrected chi connectivity index (χ0v) is 16.3. The molecule has 28 heavy (non-hydrogen) atoms. The van der Waals surface area contributed by atoms with Crippen molar-refractivity contribution in [3.8, 4) is 0 Å². The predicted octanol–water partition coefficient (Wildman–Crippen LogP) is 4.82. The fraction of sp³-hybridized carbons (Fsp3) is 0.0556. The summed E-state index contributed by atoms with van der Waals surface area (Å²) in [6.07, 6.45) is 1.27. The molecule has 0 aromatic heterocycles. The van der Waals surface area contributed by atoms with E-state index >= 15 is 0 Å². The van der Waals surface area contributed by atoms with E-state index in [4.69, 9.17) is 23.2 Å². The number of imide groups is 1. The minimum Gasteiger partial charge on any atom is -0.292 e. The molecule has 7 nitrogen and oxygen atoms in total. The number of hydrogen-bond acceptors (Lipinski definition) is 6. The Balaban J connectivity index is 1.86. The minimum absolute atomic E-state index is 0.00406. The van der Waals surface area contributed by atoms with Crippen LogP contribution in [0.5, 0.6) is 0 Å². The molecule has 0 radical (unpaired) electrons. The van der Waals surface area contributed by atoms with E-state index in [9.17, 15) is 24.5 Å². The quantitative estimate of drug-likeness (QED) is 0.288. The predicted molar refractivity (Wildman–Crippen MR) is 107 cm³/mol. The molecule has 0 bridgehead atoms. The number of carbonyl (C=O) groups is 3. The molecular formula is C18H10Cl2N2O5S. The fourth-order valence-corrected chi connectivity index (χ4v) is 3.78. The van der Waals surface area contributed by atoms with Gasteiger partial charge in [0, 0.05) is 22.2 Å². The standard InChI is InChI=1S/C18H10Cl2N2O5S/c19-12-8-13(20)14(22(26)27)6-11(12)7-16-17(24)21(18(25)28-16)9-15(23)10-4-2-1-3-5-10/h1-8H,9H2/b16-7-. The SMILES string of the molecule is O=C(CN1C(=O)S/C(=C\c2cc([N+](=O)[O-])c(Cl)cc2Cl)C1=O)c1ccccc1. The first-order chi connectivity index (χ1) is 13.3. The molecule has 0 spiro atoms. The monoisotopic (exact) mass is 436 g/mol. The van der Waals surface area contributed by atoms with Crippen LogP contribution in [-0.2, 0) is 4.79 Å². The maximum Gasteiger partial charge on any atom is 0.293 e. The van der Waals surface area contributed by atoms with E-state index in [1.54, 1.807) is 30.3 Å². The second-order valence-electron chi connectivity index (χ2n) is 5.64. The molecule has 1 aliphatic heterocycles. The van der Waals surface area contributed by atoms with Gasteiger partial charge in [0.15, 0.2) is 5.78 Å². The van der Waals surface area contributed by atoms with Crippen LogP contribution in [0, 0.1) is 10.1 Å². The number of nitro benzene ring substituents is 1. The number of carbonyl (C=O) groups excluding carboxylic acids is 3. The molecule has 2 aromatic carbocycles. The highest BCUT2D eigenvalue weighted by Gasteiger charge is 2.36. The summed E-state index contributed by atoms with van der Waals surface area (Å²) in [5, 5.41) is 10.4. The molecule has 3 rings (SSSR count). The highest BCUT2D eigenvalue weighted by molar-refractivity contribution is 8.18. The fourth-order valence-electron chi connectivity index (χ4n) is 2.44. The number of Topliss-reactive ketones (excluding diaryl/α,β-unsaturated/α-hetero) is 1. The molecule has 0 aliphatic carbocycles. The Hall–Kier alpha value is -2.68. The number of thioether (sulfide) groups is 1. The molecule has 1 fully saturated rings. The number of hydrogen-bond donors (Lipinski definition) is 0. The molecule has 142 valence electrons. The van der Waals surface area contributed by atoms with Gasteiger partial charge in [-0.2, -0.15) is 0 Å². The Morgan fingerprint density at radius 1 is 1.14 bits per heavy atom. The summed E-state index contributed by atoms with van der Waals surface area (Å²) in [6, 6.07) is 10.6. The lowest BCUT2D eigenvalue weighted by Gasteiger charge is -2.11. The molecular weight excluding hydrogens is 427 g/mol. The van der Waals surface area contributed by atoms with Crippen LogP contribution in [-0.4, -0.2) is 33.3 Å². The molecule has 1 saturated heterocycles. The second kappa shape index (κ2) is 8.14. The van der Waals surface area contributed by atoms with Crippen molar-refractivity contribution in [1.29, 1.82) is 0 Å². The summed E-state index contributed by atoms with van der Waals surface area (Å²) < 4.78 is 0. The van der Waals surface area contributed by atoms with Crippen molar-refractivity contribution in [1.82, 2.24) is 4.90 Å². The molecule has 1 aliphatic rings. The molecule has 0 N–H and O–H groups in total. The van der Waals surface area contributed by atoms with Crippen molar-refractivity contribution >= 4 is 63.7 Å². The van der Waals surface area contributed by atoms with Gasteiger partial charge < -0.3 is 0 Å². The molecule has 0 unspecified atom stereocenters. The Labute approximate surface area is 173 Å². The van der Waals surface area contributed by atoms with Crippen LogP contribution in [0.2, 0.25) is 10.0 Å². The molecule has 2 amide bonds. The topological polar surface area (TPSA) is 97.6 Å². The van der Waals surface area contributed by atoms with E-state index in [1.807, 2.05) is 0 Å². The lowest BCUT2D eigenvalue weighted by atomic mass is 10.1. The largest absolute Gasteiger partial charge is 0.293 e. The highest BCUT2D eigenvalue weighted by atomic mass is 35.5. The summed E-state index contributed by atoms with van der Waals surface area (Å²) in [6.45, 7) is -0.402. The van der Waals surface area contributed by atoms with Gasteiger partial charge in [-0.05, 0) is 23.9 Å². The Morgan fingerprint density at radius 3 is 2.46 bits per heavy atom. The first-order valence-electron chi connectivity index (χ1n) is 7.75. The first-order valence-corrected chi connectivity index (χ1v) is 9.32. The number of ketones is 1. The van der Waals surface area contributed by atoms with Gasteiger partial charge in [0.05, 0.1) is 16.4 Å². The third-order valence-electron chi connectivity index (χ3n) is 3.82. The van der Waals surface area contributed by atoms with Crippen LogP contribution < -0.4 is 0 Å². The van der Waals surface area contributed by atoms with E-state index in [2.05, 4.69) is 0 Å². The van der Waals surface area contributed by atoms with Crippen LogP contribution in [0.15, 0.2) is 47.4 Å². The molecule has 0 saturated carbocycles. The summed E-state index contributed by atoms with van der Waals surface area (Å²) in [5.41, 5.74) is 0.162. The van der Waals surface area contributed by atoms with Gasteiger partial charge in [0.1, 0.15) is 5.02 Å². The number of benzene rings is 2. The van der Waals surface area contributed by atoms with E-state index in [-0.39, 0.29) is 32.0 Å². The smallest absolute Gasteiger partial charge is 0.292 e. The van der Waals surface area contributed by atoms with Crippen molar-refractivity contribution in [2.45, 2.75) is 0 Å². The van der Waals surface area contributed by atoms with Crippen molar-refractivity contribution < 1.29 is 19.3 Å². The number of nitro groups is 1. The average molecular weight is 437 g/mol. The van der Waals surface area contributed by atoms with Gasteiger partial charge in [0.2, 0.25) is 0 Å². The Bertz CT molecular complexity index is 1040. The maximum atomic E-state index is 12.5. The number of amides is 2. The zero-order chi connectivity index (χ0) is 20.4. The molecule has 0 atom stereocenters. The van der Waals surface area contributed by atoms with Gasteiger partial charge >= 0.3 is 0 Å². The van der Waals surface area contributed by atoms with Crippen LogP contribution >= 0.6 is 35.0 Å². The van der Waals surface area contributed by atoms with Crippen LogP contribution in [0.3, 0.4) is 0 Å². The number of halogens is 2. The van der Waals surface area contributed by atoms with Crippen molar-refractivity contribution in [3.05, 3.63) is 78.7 Å².